The number of fused-ring (bicyclic) bond motifs is 1. The zero-order chi connectivity index (χ0) is 12.4. The molecule has 2 N–H and O–H groups in total. The van der Waals surface area contributed by atoms with Crippen molar-refractivity contribution >= 4 is 17.3 Å². The fourth-order valence-electron chi connectivity index (χ4n) is 1.95. The first-order valence-corrected chi connectivity index (χ1v) is 6.68. The topological polar surface area (TPSA) is 54.2 Å². The third-order valence-corrected chi connectivity index (χ3v) is 3.19. The maximum Gasteiger partial charge on any atom is 0.180 e. The molecular weight excluding hydrogens is 226 g/mol. The van der Waals surface area contributed by atoms with Gasteiger partial charge in [-0.15, -0.1) is 0 Å². The Kier molecular flexibility index (Phi) is 3.04. The van der Waals surface area contributed by atoms with E-state index in [2.05, 4.69) is 27.5 Å². The summed E-state index contributed by atoms with van der Waals surface area (Å²) in [4.78, 5) is 8.95. The van der Waals surface area contributed by atoms with E-state index in [1.54, 1.807) is 0 Å². The van der Waals surface area contributed by atoms with Crippen LogP contribution in [0.15, 0.2) is 18.6 Å². The van der Waals surface area contributed by atoms with Crippen molar-refractivity contribution in [3.8, 4) is 0 Å². The molecule has 3 rings (SSSR count). The minimum atomic E-state index is 0.828. The summed E-state index contributed by atoms with van der Waals surface area (Å²) in [6.07, 6.45) is 9.52. The maximum atomic E-state index is 4.60. The van der Waals surface area contributed by atoms with Gasteiger partial charge >= 0.3 is 0 Å². The molecule has 96 valence electrons. The largest absolute Gasteiger partial charge is 0.369 e. The van der Waals surface area contributed by atoms with Crippen molar-refractivity contribution in [3.63, 3.8) is 0 Å². The van der Waals surface area contributed by atoms with Crippen molar-refractivity contribution in [2.75, 3.05) is 23.7 Å². The fraction of sp³-hybridized carbons (Fsp3) is 0.538. The van der Waals surface area contributed by atoms with Gasteiger partial charge in [-0.2, -0.15) is 0 Å². The quantitative estimate of drug-likeness (QED) is 0.820. The lowest BCUT2D eigenvalue weighted by molar-refractivity contribution is 0.880. The SMILES string of the molecule is CCCNc1cn2ccnc2c(NCC2CC2)n1. The Morgan fingerprint density at radius 3 is 3.06 bits per heavy atom. The normalized spacial score (nSPS) is 14.9. The molecule has 0 radical (unpaired) electrons. The summed E-state index contributed by atoms with van der Waals surface area (Å²) < 4.78 is 2.01. The molecule has 0 unspecified atom stereocenters. The van der Waals surface area contributed by atoms with Crippen LogP contribution < -0.4 is 10.6 Å². The molecule has 1 aliphatic rings. The molecule has 0 spiro atoms. The van der Waals surface area contributed by atoms with Crippen LogP contribution in [0.4, 0.5) is 11.6 Å². The number of hydrogen-bond acceptors (Lipinski definition) is 4. The second-order valence-electron chi connectivity index (χ2n) is 4.88. The van der Waals surface area contributed by atoms with Gasteiger partial charge in [-0.1, -0.05) is 6.92 Å². The van der Waals surface area contributed by atoms with E-state index in [4.69, 9.17) is 0 Å². The Balaban J connectivity index is 1.84. The predicted molar refractivity (Wildman–Crippen MR) is 73.0 cm³/mol. The van der Waals surface area contributed by atoms with E-state index in [9.17, 15) is 0 Å². The minimum absolute atomic E-state index is 0.828. The number of hydrogen-bond donors (Lipinski definition) is 2. The average Bonchev–Trinajstić information content (AvgIpc) is 3.09. The van der Waals surface area contributed by atoms with Gasteiger partial charge in [0.05, 0.1) is 6.20 Å². The van der Waals surface area contributed by atoms with E-state index >= 15 is 0 Å². The van der Waals surface area contributed by atoms with Gasteiger partial charge in [0.1, 0.15) is 5.82 Å². The molecule has 2 aromatic rings. The number of nitrogens with zero attached hydrogens (tertiary/aromatic N) is 3. The molecule has 0 aliphatic heterocycles. The zero-order valence-electron chi connectivity index (χ0n) is 10.7. The van der Waals surface area contributed by atoms with Crippen LogP contribution >= 0.6 is 0 Å². The van der Waals surface area contributed by atoms with Crippen molar-refractivity contribution in [2.24, 2.45) is 5.92 Å². The van der Waals surface area contributed by atoms with Crippen LogP contribution in [-0.2, 0) is 0 Å². The summed E-state index contributed by atoms with van der Waals surface area (Å²) in [7, 11) is 0. The van der Waals surface area contributed by atoms with Gasteiger partial charge in [-0.3, -0.25) is 0 Å². The van der Waals surface area contributed by atoms with Crippen molar-refractivity contribution in [2.45, 2.75) is 26.2 Å². The van der Waals surface area contributed by atoms with Gasteiger partial charge in [0.15, 0.2) is 11.5 Å². The van der Waals surface area contributed by atoms with E-state index in [0.29, 0.717) is 0 Å². The molecule has 1 saturated carbocycles. The standard InChI is InChI=1S/C13H19N5/c1-2-5-14-11-9-18-7-6-15-13(18)12(17-11)16-8-10-3-4-10/h6-7,9-10,14H,2-5,8H2,1H3,(H,16,17). The first-order valence-electron chi connectivity index (χ1n) is 6.68. The number of rotatable bonds is 6. The van der Waals surface area contributed by atoms with Crippen molar-refractivity contribution in [1.29, 1.82) is 0 Å². The molecule has 18 heavy (non-hydrogen) atoms. The lowest BCUT2D eigenvalue weighted by Gasteiger charge is -2.10. The van der Waals surface area contributed by atoms with Gasteiger partial charge in [0.25, 0.3) is 0 Å². The van der Waals surface area contributed by atoms with Gasteiger partial charge < -0.3 is 15.0 Å². The van der Waals surface area contributed by atoms with Crippen molar-refractivity contribution < 1.29 is 0 Å². The molecule has 2 aromatic heterocycles. The molecule has 1 aliphatic carbocycles. The number of imidazole rings is 1. The van der Waals surface area contributed by atoms with Crippen molar-refractivity contribution in [1.82, 2.24) is 14.4 Å². The molecule has 1 fully saturated rings. The van der Waals surface area contributed by atoms with Crippen LogP contribution in [-0.4, -0.2) is 27.5 Å². The Labute approximate surface area is 107 Å². The summed E-state index contributed by atoms with van der Waals surface area (Å²) in [5, 5.41) is 6.74. The van der Waals surface area contributed by atoms with Crippen LogP contribution in [0.2, 0.25) is 0 Å². The Morgan fingerprint density at radius 1 is 1.39 bits per heavy atom. The lowest BCUT2D eigenvalue weighted by atomic mass is 10.4. The summed E-state index contributed by atoms with van der Waals surface area (Å²) in [6.45, 7) is 4.09. The predicted octanol–water partition coefficient (Wildman–Crippen LogP) is 2.37. The highest BCUT2D eigenvalue weighted by Gasteiger charge is 2.21. The lowest BCUT2D eigenvalue weighted by Crippen LogP contribution is -2.10. The Bertz CT molecular complexity index is 529. The highest BCUT2D eigenvalue weighted by molar-refractivity contribution is 5.65. The third kappa shape index (κ3) is 2.39. The van der Waals surface area contributed by atoms with Crippen LogP contribution in [0.1, 0.15) is 26.2 Å². The molecule has 0 saturated heterocycles. The number of nitrogens with one attached hydrogen (secondary N) is 2. The van der Waals surface area contributed by atoms with E-state index in [-0.39, 0.29) is 0 Å². The highest BCUT2D eigenvalue weighted by atomic mass is 15.1. The smallest absolute Gasteiger partial charge is 0.180 e. The maximum absolute atomic E-state index is 4.60. The molecule has 2 heterocycles. The molecule has 5 heteroatoms. The first-order chi connectivity index (χ1) is 8.86. The summed E-state index contributed by atoms with van der Waals surface area (Å²) in [5.41, 5.74) is 0.901. The number of aromatic nitrogens is 3. The second-order valence-corrected chi connectivity index (χ2v) is 4.88. The molecule has 0 aromatic carbocycles. The minimum Gasteiger partial charge on any atom is -0.369 e. The zero-order valence-corrected chi connectivity index (χ0v) is 10.7. The van der Waals surface area contributed by atoms with E-state index in [0.717, 1.165) is 42.7 Å². The van der Waals surface area contributed by atoms with Gasteiger partial charge in [-0.25, -0.2) is 9.97 Å². The summed E-state index contributed by atoms with van der Waals surface area (Å²) >= 11 is 0. The van der Waals surface area contributed by atoms with E-state index in [1.807, 2.05) is 23.0 Å². The molecular formula is C13H19N5. The molecule has 0 bridgehead atoms. The summed E-state index contributed by atoms with van der Waals surface area (Å²) in [6, 6.07) is 0. The third-order valence-electron chi connectivity index (χ3n) is 3.19. The van der Waals surface area contributed by atoms with Crippen LogP contribution in [0.3, 0.4) is 0 Å². The Hall–Kier alpha value is -1.78. The van der Waals surface area contributed by atoms with Crippen LogP contribution in [0, 0.1) is 5.92 Å². The first kappa shape index (κ1) is 11.3. The highest BCUT2D eigenvalue weighted by Crippen LogP contribution is 2.29. The second kappa shape index (κ2) is 4.84. The van der Waals surface area contributed by atoms with E-state index in [1.165, 1.54) is 12.8 Å². The van der Waals surface area contributed by atoms with Crippen LogP contribution in [0.5, 0.6) is 0 Å². The molecule has 0 amide bonds. The van der Waals surface area contributed by atoms with Gasteiger partial charge in [-0.05, 0) is 25.2 Å². The van der Waals surface area contributed by atoms with Gasteiger partial charge in [0.2, 0.25) is 0 Å². The Morgan fingerprint density at radius 2 is 2.28 bits per heavy atom. The fourth-order valence-corrected chi connectivity index (χ4v) is 1.95. The monoisotopic (exact) mass is 245 g/mol. The summed E-state index contributed by atoms with van der Waals surface area (Å²) in [5.74, 6) is 2.61. The average molecular weight is 245 g/mol. The van der Waals surface area contributed by atoms with E-state index < -0.39 is 0 Å². The number of anilines is 2. The molecule has 0 atom stereocenters. The van der Waals surface area contributed by atoms with Gasteiger partial charge in [0, 0.05) is 25.5 Å². The molecule has 5 nitrogen and oxygen atoms in total. The van der Waals surface area contributed by atoms with Crippen molar-refractivity contribution in [3.05, 3.63) is 18.6 Å². The van der Waals surface area contributed by atoms with Crippen LogP contribution in [0.25, 0.3) is 5.65 Å².